The Balaban J connectivity index is 0.900. The molecule has 4 aromatic rings. The Labute approximate surface area is 378 Å². The van der Waals surface area contributed by atoms with E-state index < -0.39 is 71.2 Å². The number of hydrogen-bond acceptors (Lipinski definition) is 14. The van der Waals surface area contributed by atoms with Crippen molar-refractivity contribution in [1.29, 1.82) is 0 Å². The lowest BCUT2D eigenvalue weighted by atomic mass is 9.85. The van der Waals surface area contributed by atoms with Crippen molar-refractivity contribution in [3.05, 3.63) is 70.2 Å². The van der Waals surface area contributed by atoms with Crippen molar-refractivity contribution >= 4 is 51.4 Å². The molecule has 0 saturated carbocycles. The number of rotatable bonds is 19. The molecule has 20 heteroatoms. The van der Waals surface area contributed by atoms with Gasteiger partial charge in [-0.2, -0.15) is 4.39 Å². The molecule has 2 aliphatic rings. The average molecular weight is 928 g/mol. The number of amides is 4. The number of anilines is 1. The van der Waals surface area contributed by atoms with Crippen molar-refractivity contribution < 1.29 is 52.0 Å². The van der Waals surface area contributed by atoms with Crippen LogP contribution in [0.2, 0.25) is 0 Å². The number of hydrogen-bond donors (Lipinski definition) is 4. The van der Waals surface area contributed by atoms with Crippen molar-refractivity contribution in [2.45, 2.75) is 65.3 Å². The minimum Gasteiger partial charge on any atom is -0.480 e. The SMILES string of the molecule is Cc1ncsc1-c1ccc([C@H](C)NC(=O)[C@@H]2C[C@@H](O)CN2C(=O)[C@@H](NC(=O)COCCOCCNC(=O)COc2c(-c3csc(N4CCOCC4)n3)ccc(F)c2F)C(C)(C)C)cc1. The summed E-state index contributed by atoms with van der Waals surface area (Å²) < 4.78 is 50.9. The van der Waals surface area contributed by atoms with Gasteiger partial charge in [-0.05, 0) is 42.5 Å². The summed E-state index contributed by atoms with van der Waals surface area (Å²) in [6.07, 6.45) is -0.861. The Morgan fingerprint density at radius 2 is 1.70 bits per heavy atom. The Kier molecular flexibility index (Phi) is 16.8. The molecule has 0 spiro atoms. The molecule has 0 aliphatic carbocycles. The fourth-order valence-electron chi connectivity index (χ4n) is 7.22. The van der Waals surface area contributed by atoms with Crippen LogP contribution in [0.3, 0.4) is 0 Å². The second-order valence-corrected chi connectivity index (χ2v) is 18.2. The third-order valence-corrected chi connectivity index (χ3v) is 12.6. The Morgan fingerprint density at radius 3 is 2.41 bits per heavy atom. The molecule has 64 heavy (non-hydrogen) atoms. The first-order chi connectivity index (χ1) is 30.6. The predicted molar refractivity (Wildman–Crippen MR) is 237 cm³/mol. The first kappa shape index (κ1) is 48.3. The first-order valence-corrected chi connectivity index (χ1v) is 22.8. The zero-order chi connectivity index (χ0) is 46.0. The van der Waals surface area contributed by atoms with Crippen molar-refractivity contribution in [3.63, 3.8) is 0 Å². The Hall–Kier alpha value is -5.12. The molecule has 346 valence electrons. The summed E-state index contributed by atoms with van der Waals surface area (Å²) in [7, 11) is 0. The number of β-amino-alcohol motifs (C(OH)–C–C–N with tert-alkyl or cyclic N) is 1. The molecule has 2 fully saturated rings. The van der Waals surface area contributed by atoms with Gasteiger partial charge in [-0.25, -0.2) is 14.4 Å². The molecule has 4 heterocycles. The zero-order valence-corrected chi connectivity index (χ0v) is 38.1. The van der Waals surface area contributed by atoms with Crippen LogP contribution in [0.5, 0.6) is 5.75 Å². The summed E-state index contributed by atoms with van der Waals surface area (Å²) >= 11 is 2.91. The van der Waals surface area contributed by atoms with Gasteiger partial charge in [0.05, 0.1) is 67.0 Å². The molecular weight excluding hydrogens is 873 g/mol. The van der Waals surface area contributed by atoms with Crippen LogP contribution in [-0.4, -0.2) is 134 Å². The van der Waals surface area contributed by atoms with E-state index >= 15 is 0 Å². The quantitative estimate of drug-likeness (QED) is 0.0979. The highest BCUT2D eigenvalue weighted by Gasteiger charge is 2.44. The largest absolute Gasteiger partial charge is 0.480 e. The van der Waals surface area contributed by atoms with Crippen LogP contribution in [0.25, 0.3) is 21.7 Å². The minimum absolute atomic E-state index is 0.0243. The molecule has 4 atom stereocenters. The normalized spacial score (nSPS) is 17.5. The number of halogens is 2. The van der Waals surface area contributed by atoms with Gasteiger partial charge in [0.15, 0.2) is 23.3 Å². The Bertz CT molecular complexity index is 2230. The van der Waals surface area contributed by atoms with E-state index in [0.29, 0.717) is 37.1 Å². The number of likely N-dealkylation sites (tertiary alicyclic amines) is 1. The van der Waals surface area contributed by atoms with Crippen LogP contribution in [0, 0.1) is 24.0 Å². The number of nitrogens with one attached hydrogen (secondary N) is 3. The number of aryl methyl sites for hydroxylation is 1. The van der Waals surface area contributed by atoms with Crippen LogP contribution in [0.15, 0.2) is 47.3 Å². The van der Waals surface area contributed by atoms with E-state index in [2.05, 4.69) is 25.9 Å². The molecule has 2 saturated heterocycles. The molecule has 6 rings (SSSR count). The summed E-state index contributed by atoms with van der Waals surface area (Å²) in [6, 6.07) is 7.83. The number of ether oxygens (including phenoxy) is 4. The summed E-state index contributed by atoms with van der Waals surface area (Å²) in [5.74, 6) is -4.82. The first-order valence-electron chi connectivity index (χ1n) is 21.0. The van der Waals surface area contributed by atoms with Gasteiger partial charge in [0.1, 0.15) is 18.7 Å². The molecule has 0 bridgehead atoms. The number of benzene rings is 2. The van der Waals surface area contributed by atoms with E-state index in [-0.39, 0.29) is 57.5 Å². The standard InChI is InChI=1S/C44H55F2N7O9S2/c1-26(28-6-8-29(9-7-28)39-27(2)48-25-64-39)49-41(57)34-20-30(54)21-53(34)42(58)40(44(3,4)5)51-36(56)22-61-19-18-59-15-12-47-35(55)23-62-38-31(10-11-32(45)37(38)46)33-24-63-43(50-33)52-13-16-60-17-14-52/h6-11,24-26,30,34,40,54H,12-23H2,1-5H3,(H,47,55)(H,49,57)(H,51,56)/t26-,30+,34-,40+/m0/s1. The predicted octanol–water partition coefficient (Wildman–Crippen LogP) is 4.26. The van der Waals surface area contributed by atoms with Crippen LogP contribution >= 0.6 is 22.7 Å². The second-order valence-electron chi connectivity index (χ2n) is 16.5. The van der Waals surface area contributed by atoms with Gasteiger partial charge in [0, 0.05) is 43.5 Å². The number of aromatic nitrogens is 2. The third kappa shape index (κ3) is 12.6. The molecule has 2 aliphatic heterocycles. The van der Waals surface area contributed by atoms with Crippen molar-refractivity contribution in [3.8, 4) is 27.4 Å². The summed E-state index contributed by atoms with van der Waals surface area (Å²) in [5, 5.41) is 21.3. The van der Waals surface area contributed by atoms with Gasteiger partial charge in [-0.3, -0.25) is 19.2 Å². The zero-order valence-electron chi connectivity index (χ0n) is 36.5. The molecule has 16 nitrogen and oxygen atoms in total. The molecule has 0 unspecified atom stereocenters. The molecule has 2 aromatic heterocycles. The molecule has 4 N–H and O–H groups in total. The second kappa shape index (κ2) is 22.2. The molecule has 0 radical (unpaired) electrons. The topological polar surface area (TPSA) is 194 Å². The molecule has 2 aromatic carbocycles. The number of carbonyl (C=O) groups is 4. The van der Waals surface area contributed by atoms with Gasteiger partial charge in [-0.15, -0.1) is 22.7 Å². The van der Waals surface area contributed by atoms with E-state index in [1.165, 1.54) is 22.3 Å². The van der Waals surface area contributed by atoms with Crippen molar-refractivity contribution in [2.24, 2.45) is 5.41 Å². The van der Waals surface area contributed by atoms with E-state index in [9.17, 15) is 33.1 Å². The number of nitrogens with zero attached hydrogens (tertiary/aromatic N) is 4. The maximum absolute atomic E-state index is 14.9. The number of morpholine rings is 1. The van der Waals surface area contributed by atoms with Gasteiger partial charge >= 0.3 is 0 Å². The van der Waals surface area contributed by atoms with Crippen molar-refractivity contribution in [2.75, 3.05) is 77.3 Å². The lowest BCUT2D eigenvalue weighted by molar-refractivity contribution is -0.144. The van der Waals surface area contributed by atoms with E-state index in [4.69, 9.17) is 18.9 Å². The van der Waals surface area contributed by atoms with Crippen molar-refractivity contribution in [1.82, 2.24) is 30.8 Å². The smallest absolute Gasteiger partial charge is 0.258 e. The maximum Gasteiger partial charge on any atom is 0.258 e. The van der Waals surface area contributed by atoms with E-state index in [0.717, 1.165) is 27.8 Å². The van der Waals surface area contributed by atoms with Gasteiger partial charge in [0.25, 0.3) is 5.91 Å². The molecular formula is C44H55F2N7O9S2. The van der Waals surface area contributed by atoms with E-state index in [1.54, 1.807) is 43.0 Å². The van der Waals surface area contributed by atoms with Gasteiger partial charge in [0.2, 0.25) is 23.5 Å². The average Bonchev–Trinajstić information content (AvgIpc) is 4.04. The third-order valence-electron chi connectivity index (χ3n) is 10.7. The van der Waals surface area contributed by atoms with Gasteiger partial charge in [-0.1, -0.05) is 45.0 Å². The highest BCUT2D eigenvalue weighted by molar-refractivity contribution is 7.14. The monoisotopic (exact) mass is 927 g/mol. The van der Waals surface area contributed by atoms with Crippen LogP contribution < -0.4 is 25.6 Å². The highest BCUT2D eigenvalue weighted by Crippen LogP contribution is 2.37. The fourth-order valence-corrected chi connectivity index (χ4v) is 8.91. The Morgan fingerprint density at radius 1 is 0.969 bits per heavy atom. The van der Waals surface area contributed by atoms with Crippen LogP contribution in [-0.2, 0) is 33.4 Å². The molecule has 4 amide bonds. The summed E-state index contributed by atoms with van der Waals surface area (Å²) in [4.78, 5) is 66.4. The van der Waals surface area contributed by atoms with Crippen LogP contribution in [0.1, 0.15) is 51.4 Å². The number of carbonyl (C=O) groups excluding carboxylic acids is 4. The summed E-state index contributed by atoms with van der Waals surface area (Å²) in [5.41, 5.74) is 4.49. The number of aliphatic hydroxyl groups is 1. The lowest BCUT2D eigenvalue weighted by Crippen LogP contribution is -2.58. The maximum atomic E-state index is 14.9. The minimum atomic E-state index is -1.23. The fraction of sp³-hybridized carbons (Fsp3) is 0.500. The van der Waals surface area contributed by atoms with E-state index in [1.807, 2.05) is 43.0 Å². The van der Waals surface area contributed by atoms with Crippen LogP contribution in [0.4, 0.5) is 13.9 Å². The lowest BCUT2D eigenvalue weighted by Gasteiger charge is -2.35. The number of aliphatic hydroxyl groups excluding tert-OH is 1. The highest BCUT2D eigenvalue weighted by atomic mass is 32.1. The summed E-state index contributed by atoms with van der Waals surface area (Å²) in [6.45, 7) is 10.9. The number of thiazole rings is 2. The van der Waals surface area contributed by atoms with Gasteiger partial charge < -0.3 is 49.8 Å².